The third-order valence-electron chi connectivity index (χ3n) is 11.6. The maximum atomic E-state index is 13.2. The summed E-state index contributed by atoms with van der Waals surface area (Å²) in [5.41, 5.74) is 0. The molecule has 0 radical (unpaired) electrons. The molecule has 55 heavy (non-hydrogen) atoms. The minimum Gasteiger partial charge on any atom is -0.462 e. The zero-order valence-electron chi connectivity index (χ0n) is 37.7. The molecule has 0 aliphatic rings. The third-order valence-corrected chi connectivity index (χ3v) is 11.6. The van der Waals surface area contributed by atoms with Gasteiger partial charge in [0.25, 0.3) is 0 Å². The second-order valence-corrected chi connectivity index (χ2v) is 17.0. The summed E-state index contributed by atoms with van der Waals surface area (Å²) in [7, 11) is 0. The van der Waals surface area contributed by atoms with Crippen LogP contribution in [0, 0.1) is 5.92 Å². The third kappa shape index (κ3) is 38.2. The normalized spacial score (nSPS) is 12.6. The van der Waals surface area contributed by atoms with Gasteiger partial charge in [0, 0.05) is 25.9 Å². The molecule has 0 fully saturated rings. The molecular weight excluding hydrogens is 683 g/mol. The molecular formula is C49H97NO5. The number of hydrogen-bond donors (Lipinski definition) is 1. The minimum atomic E-state index is -0.0281. The van der Waals surface area contributed by atoms with Crippen molar-refractivity contribution in [2.45, 2.75) is 265 Å². The predicted octanol–water partition coefficient (Wildman–Crippen LogP) is 14.5. The van der Waals surface area contributed by atoms with Gasteiger partial charge in [-0.15, -0.1) is 0 Å². The summed E-state index contributed by atoms with van der Waals surface area (Å²) < 4.78 is 11.5. The van der Waals surface area contributed by atoms with E-state index in [1.165, 1.54) is 154 Å². The highest BCUT2D eigenvalue weighted by Gasteiger charge is 2.16. The highest BCUT2D eigenvalue weighted by Crippen LogP contribution is 2.25. The van der Waals surface area contributed by atoms with Crippen molar-refractivity contribution in [2.24, 2.45) is 5.92 Å². The van der Waals surface area contributed by atoms with Crippen molar-refractivity contribution in [3.05, 3.63) is 0 Å². The number of unbranched alkanes of at least 4 members (excludes halogenated alkanes) is 23. The molecule has 0 spiro atoms. The fourth-order valence-electron chi connectivity index (χ4n) is 7.99. The number of carbonyl (C=O) groups excluding carboxylic acids is 2. The van der Waals surface area contributed by atoms with Crippen LogP contribution < -0.4 is 0 Å². The van der Waals surface area contributed by atoms with Crippen LogP contribution >= 0.6 is 0 Å². The SMILES string of the molecule is CCCCCCCCC(CCCCCC)CCCCCCCC(=O)N(CCCCCCC(=O)OC(CCCCCC)CCCCCCCC)CCOCCO. The Hall–Kier alpha value is -1.14. The van der Waals surface area contributed by atoms with Crippen LogP contribution in [0.3, 0.4) is 0 Å². The summed E-state index contributed by atoms with van der Waals surface area (Å²) in [4.78, 5) is 28.0. The first-order valence-electron chi connectivity index (χ1n) is 24.7. The van der Waals surface area contributed by atoms with Gasteiger partial charge in [0.15, 0.2) is 0 Å². The van der Waals surface area contributed by atoms with Crippen LogP contribution in [0.5, 0.6) is 0 Å². The highest BCUT2D eigenvalue weighted by molar-refractivity contribution is 5.76. The average Bonchev–Trinajstić information content (AvgIpc) is 3.18. The van der Waals surface area contributed by atoms with Gasteiger partial charge >= 0.3 is 5.97 Å². The molecule has 0 rings (SSSR count). The molecule has 0 saturated heterocycles. The Morgan fingerprint density at radius 2 is 0.855 bits per heavy atom. The molecule has 0 aromatic heterocycles. The highest BCUT2D eigenvalue weighted by atomic mass is 16.5. The summed E-state index contributed by atoms with van der Waals surface area (Å²) in [5, 5.41) is 9.11. The van der Waals surface area contributed by atoms with Crippen LogP contribution in [0.2, 0.25) is 0 Å². The summed E-state index contributed by atoms with van der Waals surface area (Å²) in [6.07, 6.45) is 43.6. The molecule has 2 unspecified atom stereocenters. The zero-order valence-corrected chi connectivity index (χ0v) is 37.7. The monoisotopic (exact) mass is 780 g/mol. The Morgan fingerprint density at radius 3 is 1.35 bits per heavy atom. The van der Waals surface area contributed by atoms with E-state index in [0.29, 0.717) is 32.6 Å². The van der Waals surface area contributed by atoms with Crippen LogP contribution in [0.25, 0.3) is 0 Å². The van der Waals surface area contributed by atoms with Crippen molar-refractivity contribution >= 4 is 11.9 Å². The number of ether oxygens (including phenoxy) is 2. The fourth-order valence-corrected chi connectivity index (χ4v) is 7.99. The summed E-state index contributed by atoms with van der Waals surface area (Å²) >= 11 is 0. The topological polar surface area (TPSA) is 76.1 Å². The number of rotatable bonds is 45. The van der Waals surface area contributed by atoms with E-state index in [0.717, 1.165) is 76.7 Å². The number of aliphatic hydroxyl groups is 1. The number of esters is 1. The van der Waals surface area contributed by atoms with Crippen molar-refractivity contribution in [1.82, 2.24) is 4.90 Å². The largest absolute Gasteiger partial charge is 0.462 e. The van der Waals surface area contributed by atoms with E-state index < -0.39 is 0 Å². The van der Waals surface area contributed by atoms with E-state index in [9.17, 15) is 9.59 Å². The predicted molar refractivity (Wildman–Crippen MR) is 237 cm³/mol. The van der Waals surface area contributed by atoms with E-state index in [1.807, 2.05) is 4.90 Å². The number of hydrogen-bond acceptors (Lipinski definition) is 5. The van der Waals surface area contributed by atoms with Gasteiger partial charge in [-0.2, -0.15) is 0 Å². The zero-order chi connectivity index (χ0) is 40.3. The number of aliphatic hydroxyl groups excluding tert-OH is 1. The van der Waals surface area contributed by atoms with E-state index in [1.54, 1.807) is 0 Å². The second-order valence-electron chi connectivity index (χ2n) is 17.0. The Bertz CT molecular complexity index is 791. The van der Waals surface area contributed by atoms with Gasteiger partial charge in [0.05, 0.1) is 19.8 Å². The molecule has 1 N–H and O–H groups in total. The van der Waals surface area contributed by atoms with Crippen molar-refractivity contribution < 1.29 is 24.2 Å². The molecule has 0 heterocycles. The molecule has 6 heteroatoms. The molecule has 0 aliphatic heterocycles. The number of nitrogens with zero attached hydrogens (tertiary/aromatic N) is 1. The fraction of sp³-hybridized carbons (Fsp3) is 0.959. The van der Waals surface area contributed by atoms with Gasteiger partial charge in [-0.3, -0.25) is 9.59 Å². The molecule has 6 nitrogen and oxygen atoms in total. The van der Waals surface area contributed by atoms with Crippen molar-refractivity contribution in [3.8, 4) is 0 Å². The first-order chi connectivity index (χ1) is 27.0. The molecule has 0 saturated carbocycles. The molecule has 0 aliphatic carbocycles. The van der Waals surface area contributed by atoms with Gasteiger partial charge < -0.3 is 19.5 Å². The summed E-state index contributed by atoms with van der Waals surface area (Å²) in [6.45, 7) is 11.2. The molecule has 0 bridgehead atoms. The lowest BCUT2D eigenvalue weighted by molar-refractivity contribution is -0.150. The van der Waals surface area contributed by atoms with E-state index >= 15 is 0 Å². The maximum absolute atomic E-state index is 13.2. The molecule has 0 aromatic carbocycles. The van der Waals surface area contributed by atoms with Gasteiger partial charge in [-0.25, -0.2) is 0 Å². The second kappa shape index (κ2) is 44.0. The maximum Gasteiger partial charge on any atom is 0.306 e. The van der Waals surface area contributed by atoms with Crippen LogP contribution in [-0.4, -0.2) is 60.9 Å². The van der Waals surface area contributed by atoms with Gasteiger partial charge in [0.1, 0.15) is 6.10 Å². The lowest BCUT2D eigenvalue weighted by Gasteiger charge is -2.23. The van der Waals surface area contributed by atoms with Crippen molar-refractivity contribution in [2.75, 3.05) is 32.9 Å². The van der Waals surface area contributed by atoms with Gasteiger partial charge in [-0.1, -0.05) is 201 Å². The Labute approximate surface area is 343 Å². The van der Waals surface area contributed by atoms with E-state index in [-0.39, 0.29) is 24.6 Å². The lowest BCUT2D eigenvalue weighted by atomic mass is 9.89. The van der Waals surface area contributed by atoms with Crippen molar-refractivity contribution in [1.29, 1.82) is 0 Å². The smallest absolute Gasteiger partial charge is 0.306 e. The molecule has 0 aromatic rings. The average molecular weight is 780 g/mol. The Morgan fingerprint density at radius 1 is 0.455 bits per heavy atom. The van der Waals surface area contributed by atoms with E-state index in [2.05, 4.69) is 27.7 Å². The molecule has 328 valence electrons. The van der Waals surface area contributed by atoms with Crippen LogP contribution in [0.15, 0.2) is 0 Å². The number of carbonyl (C=O) groups is 2. The Balaban J connectivity index is 4.47. The van der Waals surface area contributed by atoms with E-state index in [4.69, 9.17) is 14.6 Å². The van der Waals surface area contributed by atoms with Crippen LogP contribution in [0.1, 0.15) is 259 Å². The van der Waals surface area contributed by atoms with Crippen LogP contribution in [0.4, 0.5) is 0 Å². The summed E-state index contributed by atoms with van der Waals surface area (Å²) in [5.74, 6) is 1.12. The van der Waals surface area contributed by atoms with Gasteiger partial charge in [-0.05, 0) is 50.9 Å². The number of amides is 1. The minimum absolute atomic E-state index is 0.00762. The van der Waals surface area contributed by atoms with Crippen LogP contribution in [-0.2, 0) is 19.1 Å². The van der Waals surface area contributed by atoms with Crippen molar-refractivity contribution in [3.63, 3.8) is 0 Å². The standard InChI is InChI=1S/C49H97NO5/c1-5-9-13-17-20-27-35-46(34-26-15-11-7-3)36-28-21-19-23-31-39-48(52)50(42-44-54-45-43-51)41-33-25-24-32-40-49(53)55-47(37-29-16-12-8-4)38-30-22-18-14-10-6-2/h46-47,51H,5-45H2,1-4H3. The molecule has 1 amide bonds. The van der Waals surface area contributed by atoms with Gasteiger partial charge in [0.2, 0.25) is 5.91 Å². The Kier molecular flexibility index (Phi) is 43.1. The quantitative estimate of drug-likeness (QED) is 0.0492. The molecule has 2 atom stereocenters. The first-order valence-corrected chi connectivity index (χ1v) is 24.7. The lowest BCUT2D eigenvalue weighted by Crippen LogP contribution is -2.35. The first kappa shape index (κ1) is 53.9. The summed E-state index contributed by atoms with van der Waals surface area (Å²) in [6, 6.07) is 0.